The van der Waals surface area contributed by atoms with Crippen LogP contribution in [0.2, 0.25) is 0 Å². The fourth-order valence-electron chi connectivity index (χ4n) is 1.47. The van der Waals surface area contributed by atoms with E-state index in [4.69, 9.17) is 18.0 Å². The molecule has 1 unspecified atom stereocenters. The van der Waals surface area contributed by atoms with Crippen LogP contribution in [0.25, 0.3) is 0 Å². The fourth-order valence-corrected chi connectivity index (χ4v) is 1.70. The van der Waals surface area contributed by atoms with Gasteiger partial charge in [-0.15, -0.1) is 0 Å². The Bertz CT molecular complexity index is 491. The standard InChI is InChI=1S/C12H14F2N2OS/c1-3-8(11(15)18)16-12(17)9-7(13)5-4-6(2)10(9)14/h4-5,8H,3H2,1-2H3,(H2,15,18)(H,16,17). The van der Waals surface area contributed by atoms with Crippen molar-refractivity contribution in [3.05, 3.63) is 34.9 Å². The molecule has 0 aromatic heterocycles. The number of halogens is 2. The number of aryl methyl sites for hydroxylation is 1. The molecule has 1 aromatic rings. The lowest BCUT2D eigenvalue weighted by atomic mass is 10.1. The zero-order valence-electron chi connectivity index (χ0n) is 10.1. The lowest BCUT2D eigenvalue weighted by Gasteiger charge is -2.16. The molecule has 0 bridgehead atoms. The first-order valence-electron chi connectivity index (χ1n) is 5.43. The Morgan fingerprint density at radius 3 is 2.61 bits per heavy atom. The molecule has 0 spiro atoms. The second-order valence-corrected chi connectivity index (χ2v) is 4.36. The van der Waals surface area contributed by atoms with Crippen LogP contribution in [0.3, 0.4) is 0 Å². The van der Waals surface area contributed by atoms with Crippen molar-refractivity contribution >= 4 is 23.1 Å². The molecule has 98 valence electrons. The van der Waals surface area contributed by atoms with E-state index >= 15 is 0 Å². The quantitative estimate of drug-likeness (QED) is 0.825. The number of hydrogen-bond donors (Lipinski definition) is 2. The Morgan fingerprint density at radius 2 is 2.11 bits per heavy atom. The van der Waals surface area contributed by atoms with Gasteiger partial charge in [-0.05, 0) is 25.0 Å². The number of rotatable bonds is 4. The van der Waals surface area contributed by atoms with E-state index in [2.05, 4.69) is 5.32 Å². The summed E-state index contributed by atoms with van der Waals surface area (Å²) in [7, 11) is 0. The van der Waals surface area contributed by atoms with Crippen LogP contribution < -0.4 is 11.1 Å². The van der Waals surface area contributed by atoms with Crippen LogP contribution in [-0.2, 0) is 0 Å². The Hall–Kier alpha value is -1.56. The van der Waals surface area contributed by atoms with Gasteiger partial charge in [0.25, 0.3) is 5.91 Å². The van der Waals surface area contributed by atoms with Crippen LogP contribution in [0.1, 0.15) is 29.3 Å². The minimum Gasteiger partial charge on any atom is -0.392 e. The number of thiocarbonyl (C=S) groups is 1. The molecule has 3 N–H and O–H groups in total. The van der Waals surface area contributed by atoms with Crippen LogP contribution in [0.15, 0.2) is 12.1 Å². The molecule has 0 fully saturated rings. The molecule has 1 aromatic carbocycles. The third kappa shape index (κ3) is 3.01. The second-order valence-electron chi connectivity index (χ2n) is 3.89. The monoisotopic (exact) mass is 272 g/mol. The number of carbonyl (C=O) groups excluding carboxylic acids is 1. The van der Waals surface area contributed by atoms with E-state index < -0.39 is 29.1 Å². The Morgan fingerprint density at radius 1 is 1.50 bits per heavy atom. The highest BCUT2D eigenvalue weighted by Gasteiger charge is 2.22. The van der Waals surface area contributed by atoms with Gasteiger partial charge in [0.1, 0.15) is 17.2 Å². The number of amides is 1. The highest BCUT2D eigenvalue weighted by molar-refractivity contribution is 7.80. The van der Waals surface area contributed by atoms with E-state index in [1.807, 2.05) is 0 Å². The molecule has 0 saturated heterocycles. The van der Waals surface area contributed by atoms with E-state index in [-0.39, 0.29) is 10.6 Å². The lowest BCUT2D eigenvalue weighted by molar-refractivity contribution is 0.0937. The Labute approximate surface area is 109 Å². The predicted molar refractivity (Wildman–Crippen MR) is 69.4 cm³/mol. The van der Waals surface area contributed by atoms with Gasteiger partial charge in [-0.1, -0.05) is 25.2 Å². The molecule has 1 rings (SSSR count). The maximum absolute atomic E-state index is 13.7. The van der Waals surface area contributed by atoms with Crippen LogP contribution >= 0.6 is 12.2 Å². The Kier molecular flexibility index (Phi) is 4.72. The van der Waals surface area contributed by atoms with Crippen molar-refractivity contribution < 1.29 is 13.6 Å². The summed E-state index contributed by atoms with van der Waals surface area (Å²) in [5.74, 6) is -2.63. The topological polar surface area (TPSA) is 55.1 Å². The van der Waals surface area contributed by atoms with Gasteiger partial charge in [0, 0.05) is 0 Å². The summed E-state index contributed by atoms with van der Waals surface area (Å²) in [6.45, 7) is 3.21. The third-order valence-corrected chi connectivity index (χ3v) is 2.85. The second kappa shape index (κ2) is 5.86. The minimum atomic E-state index is -0.909. The number of hydrogen-bond acceptors (Lipinski definition) is 2. The number of carbonyl (C=O) groups is 1. The van der Waals surface area contributed by atoms with Crippen LogP contribution in [0, 0.1) is 18.6 Å². The van der Waals surface area contributed by atoms with Crippen LogP contribution in [0.5, 0.6) is 0 Å². The smallest absolute Gasteiger partial charge is 0.257 e. The van der Waals surface area contributed by atoms with Gasteiger partial charge in [0.15, 0.2) is 0 Å². The van der Waals surface area contributed by atoms with Crippen molar-refractivity contribution in [2.24, 2.45) is 5.73 Å². The maximum atomic E-state index is 13.7. The predicted octanol–water partition coefficient (Wildman–Crippen LogP) is 2.07. The molecule has 1 atom stereocenters. The summed E-state index contributed by atoms with van der Waals surface area (Å²) in [5.41, 5.74) is 5.00. The van der Waals surface area contributed by atoms with Crippen molar-refractivity contribution in [1.82, 2.24) is 5.32 Å². The molecule has 0 radical (unpaired) electrons. The van der Waals surface area contributed by atoms with Crippen LogP contribution in [0.4, 0.5) is 8.78 Å². The first-order valence-corrected chi connectivity index (χ1v) is 5.84. The zero-order chi connectivity index (χ0) is 13.9. The zero-order valence-corrected chi connectivity index (χ0v) is 10.9. The van der Waals surface area contributed by atoms with E-state index in [0.717, 1.165) is 6.07 Å². The van der Waals surface area contributed by atoms with Crippen molar-refractivity contribution in [2.45, 2.75) is 26.3 Å². The summed E-state index contributed by atoms with van der Waals surface area (Å²) in [4.78, 5) is 11.9. The number of nitrogens with one attached hydrogen (secondary N) is 1. The molecule has 1 amide bonds. The minimum absolute atomic E-state index is 0.0827. The van der Waals surface area contributed by atoms with Crippen molar-refractivity contribution in [2.75, 3.05) is 0 Å². The largest absolute Gasteiger partial charge is 0.392 e. The SMILES string of the molecule is CCC(NC(=O)c1c(F)ccc(C)c1F)C(N)=S. The van der Waals surface area contributed by atoms with Gasteiger partial charge < -0.3 is 11.1 Å². The average Bonchev–Trinajstić information content (AvgIpc) is 2.31. The van der Waals surface area contributed by atoms with Crippen LogP contribution in [-0.4, -0.2) is 16.9 Å². The van der Waals surface area contributed by atoms with E-state index in [1.54, 1.807) is 6.92 Å². The van der Waals surface area contributed by atoms with Gasteiger partial charge in [0.2, 0.25) is 0 Å². The summed E-state index contributed by atoms with van der Waals surface area (Å²) in [6, 6.07) is 1.74. The highest BCUT2D eigenvalue weighted by Crippen LogP contribution is 2.16. The van der Waals surface area contributed by atoms with Crippen molar-refractivity contribution in [3.8, 4) is 0 Å². The van der Waals surface area contributed by atoms with E-state index in [1.165, 1.54) is 13.0 Å². The molecule has 6 heteroatoms. The molecule has 0 aliphatic rings. The van der Waals surface area contributed by atoms with Gasteiger partial charge >= 0.3 is 0 Å². The van der Waals surface area contributed by atoms with Gasteiger partial charge in [-0.3, -0.25) is 4.79 Å². The van der Waals surface area contributed by atoms with Crippen molar-refractivity contribution in [3.63, 3.8) is 0 Å². The molecule has 0 aliphatic carbocycles. The normalized spacial score (nSPS) is 12.0. The highest BCUT2D eigenvalue weighted by atomic mass is 32.1. The first kappa shape index (κ1) is 14.5. The Balaban J connectivity index is 3.05. The molecular weight excluding hydrogens is 258 g/mol. The molecule has 3 nitrogen and oxygen atoms in total. The fraction of sp³-hybridized carbons (Fsp3) is 0.333. The van der Waals surface area contributed by atoms with Gasteiger partial charge in [0.05, 0.1) is 11.0 Å². The molecule has 0 heterocycles. The lowest BCUT2D eigenvalue weighted by Crippen LogP contribution is -2.43. The first-order chi connectivity index (χ1) is 8.38. The molecule has 18 heavy (non-hydrogen) atoms. The molecular formula is C12H14F2N2OS. The summed E-state index contributed by atoms with van der Waals surface area (Å²) >= 11 is 4.75. The average molecular weight is 272 g/mol. The van der Waals surface area contributed by atoms with E-state index in [0.29, 0.717) is 6.42 Å². The maximum Gasteiger partial charge on any atom is 0.257 e. The summed E-state index contributed by atoms with van der Waals surface area (Å²) < 4.78 is 27.2. The van der Waals surface area contributed by atoms with Gasteiger partial charge in [-0.2, -0.15) is 0 Å². The molecule has 0 aliphatic heterocycles. The summed E-state index contributed by atoms with van der Waals surface area (Å²) in [5, 5.41) is 2.41. The molecule has 0 saturated carbocycles. The van der Waals surface area contributed by atoms with E-state index in [9.17, 15) is 13.6 Å². The number of nitrogens with two attached hydrogens (primary N) is 1. The van der Waals surface area contributed by atoms with Gasteiger partial charge in [-0.25, -0.2) is 8.78 Å². The van der Waals surface area contributed by atoms with Crippen molar-refractivity contribution in [1.29, 1.82) is 0 Å². The third-order valence-electron chi connectivity index (χ3n) is 2.57. The summed E-state index contributed by atoms with van der Waals surface area (Å²) in [6.07, 6.45) is 0.454. The number of benzene rings is 1.